The molecule has 0 radical (unpaired) electrons. The summed E-state index contributed by atoms with van der Waals surface area (Å²) in [5, 5.41) is 3.38. The molecule has 3 aromatic carbocycles. The largest absolute Gasteiger partial charge is 0.462 e. The lowest BCUT2D eigenvalue weighted by atomic mass is 9.83. The first kappa shape index (κ1) is 30.1. The Balaban J connectivity index is 1.36. The third-order valence-corrected chi connectivity index (χ3v) is 10.5. The quantitative estimate of drug-likeness (QED) is 0.195. The van der Waals surface area contributed by atoms with Crippen LogP contribution in [0.1, 0.15) is 33.6 Å². The fourth-order valence-corrected chi connectivity index (χ4v) is 8.40. The Kier molecular flexibility index (Phi) is 8.38. The molecule has 4 aromatic rings. The van der Waals surface area contributed by atoms with Gasteiger partial charge in [0.1, 0.15) is 11.8 Å². The fourth-order valence-electron chi connectivity index (χ4n) is 5.38. The number of ether oxygens (including phenoxy) is 1. The van der Waals surface area contributed by atoms with Gasteiger partial charge in [-0.05, 0) is 73.2 Å². The van der Waals surface area contributed by atoms with E-state index in [1.54, 1.807) is 55.5 Å². The lowest BCUT2D eigenvalue weighted by Crippen LogP contribution is -2.33. The van der Waals surface area contributed by atoms with E-state index in [1.807, 2.05) is 0 Å². The molecule has 0 aliphatic carbocycles. The third-order valence-electron chi connectivity index (χ3n) is 7.34. The number of thiazole rings is 1. The van der Waals surface area contributed by atoms with E-state index in [9.17, 15) is 24.0 Å². The molecular formula is C31H23Cl2N3O6S2. The Morgan fingerprint density at radius 2 is 1.52 bits per heavy atom. The Bertz CT molecular complexity index is 1840. The first-order valence-electron chi connectivity index (χ1n) is 13.5. The fraction of sp³-hybridized carbons (Fsp3) is 0.194. The van der Waals surface area contributed by atoms with Crippen LogP contribution in [0.15, 0.2) is 82.6 Å². The number of aromatic nitrogens is 1. The van der Waals surface area contributed by atoms with Crippen molar-refractivity contribution in [3.63, 3.8) is 0 Å². The minimum atomic E-state index is -0.861. The van der Waals surface area contributed by atoms with Crippen molar-refractivity contribution >= 4 is 81.4 Å². The van der Waals surface area contributed by atoms with E-state index in [2.05, 4.69) is 5.32 Å². The molecule has 1 fully saturated rings. The van der Waals surface area contributed by atoms with Crippen LogP contribution < -0.4 is 15.1 Å². The van der Waals surface area contributed by atoms with Crippen molar-refractivity contribution in [2.24, 2.45) is 5.92 Å². The summed E-state index contributed by atoms with van der Waals surface area (Å²) in [5.74, 6) is -3.26. The number of anilines is 2. The van der Waals surface area contributed by atoms with E-state index < -0.39 is 40.8 Å². The summed E-state index contributed by atoms with van der Waals surface area (Å²) in [6.45, 7) is 1.63. The topological polar surface area (TPSA) is 115 Å². The zero-order chi connectivity index (χ0) is 31.1. The number of rotatable bonds is 7. The molecule has 0 bridgehead atoms. The van der Waals surface area contributed by atoms with Gasteiger partial charge >= 0.3 is 10.8 Å². The normalized spacial score (nSPS) is 19.0. The molecule has 3 amide bonds. The van der Waals surface area contributed by atoms with E-state index in [4.69, 9.17) is 27.9 Å². The number of carbonyl (C=O) groups is 4. The summed E-state index contributed by atoms with van der Waals surface area (Å²) in [4.78, 5) is 67.8. The Hall–Kier alpha value is -3.90. The van der Waals surface area contributed by atoms with Crippen LogP contribution in [0.3, 0.4) is 0 Å². The lowest BCUT2D eigenvalue weighted by Gasteiger charge is -2.30. The van der Waals surface area contributed by atoms with E-state index in [1.165, 1.54) is 28.8 Å². The molecule has 0 spiro atoms. The molecule has 3 unspecified atom stereocenters. The van der Waals surface area contributed by atoms with Crippen LogP contribution in [-0.4, -0.2) is 40.1 Å². The Morgan fingerprint density at radius 1 is 0.886 bits per heavy atom. The number of carbonyl (C=O) groups excluding carboxylic acids is 4. The standard InChI is InChI=1S/C31H23Cl2N3O6S2/c1-2-42-30(40)17-5-13-21(14-6-17)36-27(38)24-23(16-3-7-18(32)8-4-16)26-29(43-25(24)28(36)39)35(31(41)44-26)15-22(37)34-20-11-9-19(33)10-12-20/h3-14,23-25H,2,15H2,1H3,(H,34,37). The van der Waals surface area contributed by atoms with Crippen molar-refractivity contribution in [2.45, 2.75) is 29.7 Å². The Morgan fingerprint density at radius 3 is 2.16 bits per heavy atom. The minimum Gasteiger partial charge on any atom is -0.462 e. The highest BCUT2D eigenvalue weighted by Crippen LogP contribution is 2.54. The molecular weight excluding hydrogens is 645 g/mol. The van der Waals surface area contributed by atoms with Crippen LogP contribution in [0.2, 0.25) is 10.0 Å². The number of nitrogens with zero attached hydrogens (tertiary/aromatic N) is 2. The van der Waals surface area contributed by atoms with Gasteiger partial charge in [0, 0.05) is 26.5 Å². The van der Waals surface area contributed by atoms with Gasteiger partial charge in [0.05, 0.1) is 28.8 Å². The summed E-state index contributed by atoms with van der Waals surface area (Å²) in [7, 11) is 0. The smallest absolute Gasteiger partial charge is 0.338 e. The number of fused-ring (bicyclic) bond motifs is 2. The van der Waals surface area contributed by atoms with Gasteiger partial charge in [-0.15, -0.1) is 0 Å². The average molecular weight is 669 g/mol. The predicted molar refractivity (Wildman–Crippen MR) is 170 cm³/mol. The molecule has 6 rings (SSSR count). The van der Waals surface area contributed by atoms with Crippen molar-refractivity contribution in [1.29, 1.82) is 0 Å². The molecule has 9 nitrogen and oxygen atoms in total. The average Bonchev–Trinajstić information content (AvgIpc) is 3.45. The van der Waals surface area contributed by atoms with Crippen molar-refractivity contribution in [1.82, 2.24) is 4.57 Å². The first-order valence-corrected chi connectivity index (χ1v) is 16.0. The first-order chi connectivity index (χ1) is 21.2. The molecule has 224 valence electrons. The van der Waals surface area contributed by atoms with Crippen molar-refractivity contribution in [3.05, 3.63) is 109 Å². The van der Waals surface area contributed by atoms with Gasteiger partial charge in [-0.25, -0.2) is 9.69 Å². The van der Waals surface area contributed by atoms with E-state index >= 15 is 0 Å². The lowest BCUT2D eigenvalue weighted by molar-refractivity contribution is -0.122. The second-order valence-corrected chi connectivity index (χ2v) is 13.0. The number of esters is 1. The number of thioether (sulfide) groups is 1. The zero-order valence-corrected chi connectivity index (χ0v) is 26.1. The highest BCUT2D eigenvalue weighted by atomic mass is 35.5. The maximum atomic E-state index is 14.0. The molecule has 2 aliphatic heterocycles. The second-order valence-electron chi connectivity index (χ2n) is 10.1. The second kappa shape index (κ2) is 12.2. The molecule has 44 heavy (non-hydrogen) atoms. The van der Waals surface area contributed by atoms with E-state index in [0.717, 1.165) is 28.0 Å². The maximum Gasteiger partial charge on any atom is 0.338 e. The summed E-state index contributed by atoms with van der Waals surface area (Å²) >= 11 is 14.2. The Labute approximate surface area is 269 Å². The van der Waals surface area contributed by atoms with Crippen LogP contribution in [0.5, 0.6) is 0 Å². The molecule has 0 saturated carbocycles. The molecule has 2 aliphatic rings. The molecule has 13 heteroatoms. The molecule has 3 atom stereocenters. The zero-order valence-electron chi connectivity index (χ0n) is 23.0. The van der Waals surface area contributed by atoms with Crippen molar-refractivity contribution in [2.75, 3.05) is 16.8 Å². The highest BCUT2D eigenvalue weighted by molar-refractivity contribution is 8.00. The van der Waals surface area contributed by atoms with Crippen LogP contribution >= 0.6 is 46.3 Å². The van der Waals surface area contributed by atoms with Crippen LogP contribution in [0.4, 0.5) is 11.4 Å². The minimum absolute atomic E-state index is 0.217. The van der Waals surface area contributed by atoms with Gasteiger partial charge in [0.2, 0.25) is 17.7 Å². The van der Waals surface area contributed by atoms with Crippen LogP contribution in [-0.2, 0) is 25.7 Å². The van der Waals surface area contributed by atoms with Gasteiger partial charge in [-0.1, -0.05) is 58.4 Å². The molecule has 1 aromatic heterocycles. The molecule has 1 N–H and O–H groups in total. The van der Waals surface area contributed by atoms with Crippen molar-refractivity contribution < 1.29 is 23.9 Å². The molecule has 3 heterocycles. The number of benzene rings is 3. The molecule has 1 saturated heterocycles. The van der Waals surface area contributed by atoms with Crippen LogP contribution in [0, 0.1) is 5.92 Å². The summed E-state index contributed by atoms with van der Waals surface area (Å²) in [6.07, 6.45) is 0. The van der Waals surface area contributed by atoms with Gasteiger partial charge in [-0.3, -0.25) is 23.7 Å². The third kappa shape index (κ3) is 5.56. The monoisotopic (exact) mass is 667 g/mol. The number of imide groups is 1. The number of nitrogens with one attached hydrogen (secondary N) is 1. The van der Waals surface area contributed by atoms with Gasteiger partial charge in [-0.2, -0.15) is 0 Å². The predicted octanol–water partition coefficient (Wildman–Crippen LogP) is 5.83. The SMILES string of the molecule is CCOC(=O)c1ccc(N2C(=O)C3Sc4c(sc(=O)n4CC(=O)Nc4ccc(Cl)cc4)C(c4ccc(Cl)cc4)C3C2=O)cc1. The maximum absolute atomic E-state index is 14.0. The van der Waals surface area contributed by atoms with E-state index in [0.29, 0.717) is 42.5 Å². The van der Waals surface area contributed by atoms with Crippen LogP contribution in [0.25, 0.3) is 0 Å². The summed E-state index contributed by atoms with van der Waals surface area (Å²) < 4.78 is 6.39. The number of halogens is 2. The number of amides is 3. The van der Waals surface area contributed by atoms with Gasteiger partial charge in [0.25, 0.3) is 0 Å². The highest BCUT2D eigenvalue weighted by Gasteiger charge is 2.56. The number of hydrogen-bond donors (Lipinski definition) is 1. The summed E-state index contributed by atoms with van der Waals surface area (Å²) in [6, 6.07) is 19.6. The summed E-state index contributed by atoms with van der Waals surface area (Å²) in [5.41, 5.74) is 1.85. The van der Waals surface area contributed by atoms with E-state index in [-0.39, 0.29) is 18.0 Å². The van der Waals surface area contributed by atoms with Gasteiger partial charge in [0.15, 0.2) is 0 Å². The number of hydrogen-bond acceptors (Lipinski definition) is 8. The van der Waals surface area contributed by atoms with Gasteiger partial charge < -0.3 is 10.1 Å². The van der Waals surface area contributed by atoms with Crippen molar-refractivity contribution in [3.8, 4) is 0 Å².